The number of benzene rings is 9. The molecular weight excluding hydrogens is 655 g/mol. The second kappa shape index (κ2) is 13.4. The van der Waals surface area contributed by atoms with Gasteiger partial charge in [0.15, 0.2) is 0 Å². The van der Waals surface area contributed by atoms with E-state index < -0.39 is 0 Å². The third-order valence-corrected chi connectivity index (χ3v) is 10.5. The minimum absolute atomic E-state index is 0.891. The second-order valence-corrected chi connectivity index (χ2v) is 13.7. The van der Waals surface area contributed by atoms with Crippen molar-refractivity contribution < 1.29 is 4.42 Å². The third-order valence-electron chi connectivity index (χ3n) is 10.5. The van der Waals surface area contributed by atoms with Crippen LogP contribution in [0, 0.1) is 0 Å². The predicted molar refractivity (Wildman–Crippen MR) is 228 cm³/mol. The molecule has 0 radical (unpaired) electrons. The number of nitrogens with zero attached hydrogens (tertiary/aromatic N) is 1. The molecule has 0 bridgehead atoms. The summed E-state index contributed by atoms with van der Waals surface area (Å²) in [6.45, 7) is 0. The standard InChI is InChI=1S/C52H35NO/c1-3-13-36(14-4-1)38-27-30-44(31-28-38)53(45-20-11-19-43(34-45)47-22-12-24-51-52(47)48-21-9-10-23-50(48)54-51)49-35-42(29-32-46(49)39-16-5-2-6-17-39)41-26-25-37-15-7-8-18-40(37)33-41/h1-35H. The average molecular weight is 690 g/mol. The fraction of sp³-hybridized carbons (Fsp3) is 0. The van der Waals surface area contributed by atoms with Gasteiger partial charge in [-0.05, 0) is 98.2 Å². The first kappa shape index (κ1) is 31.6. The summed E-state index contributed by atoms with van der Waals surface area (Å²) in [6, 6.07) is 76.1. The Morgan fingerprint density at radius 2 is 0.926 bits per heavy atom. The van der Waals surface area contributed by atoms with Crippen molar-refractivity contribution in [3.63, 3.8) is 0 Å². The summed E-state index contributed by atoms with van der Waals surface area (Å²) in [7, 11) is 0. The highest BCUT2D eigenvalue weighted by Gasteiger charge is 2.20. The fourth-order valence-corrected chi connectivity index (χ4v) is 7.82. The molecule has 10 rings (SSSR count). The summed E-state index contributed by atoms with van der Waals surface area (Å²) in [6.07, 6.45) is 0. The number of rotatable bonds is 7. The van der Waals surface area contributed by atoms with Gasteiger partial charge >= 0.3 is 0 Å². The van der Waals surface area contributed by atoms with Crippen LogP contribution in [0.5, 0.6) is 0 Å². The smallest absolute Gasteiger partial charge is 0.136 e. The van der Waals surface area contributed by atoms with Crippen LogP contribution in [0.2, 0.25) is 0 Å². The first-order valence-corrected chi connectivity index (χ1v) is 18.4. The summed E-state index contributed by atoms with van der Waals surface area (Å²) in [5.41, 5.74) is 14.3. The maximum atomic E-state index is 6.31. The molecule has 0 aliphatic heterocycles. The van der Waals surface area contributed by atoms with Crippen LogP contribution in [-0.4, -0.2) is 0 Å². The molecule has 0 aliphatic rings. The molecule has 0 atom stereocenters. The maximum Gasteiger partial charge on any atom is 0.136 e. The lowest BCUT2D eigenvalue weighted by molar-refractivity contribution is 0.669. The van der Waals surface area contributed by atoms with Gasteiger partial charge in [0.25, 0.3) is 0 Å². The van der Waals surface area contributed by atoms with Crippen molar-refractivity contribution in [3.8, 4) is 44.5 Å². The molecule has 10 aromatic rings. The lowest BCUT2D eigenvalue weighted by atomic mass is 9.95. The maximum absolute atomic E-state index is 6.31. The molecule has 0 spiro atoms. The van der Waals surface area contributed by atoms with Gasteiger partial charge in [-0.3, -0.25) is 0 Å². The van der Waals surface area contributed by atoms with E-state index in [2.05, 4.69) is 205 Å². The van der Waals surface area contributed by atoms with E-state index in [4.69, 9.17) is 4.42 Å². The SMILES string of the molecule is c1ccc(-c2ccc(N(c3cccc(-c4cccc5oc6ccccc6c45)c3)c3cc(-c4ccc5ccccc5c4)ccc3-c3ccccc3)cc2)cc1. The van der Waals surface area contributed by atoms with E-state index in [0.29, 0.717) is 0 Å². The molecule has 0 saturated carbocycles. The van der Waals surface area contributed by atoms with Crippen LogP contribution in [0.1, 0.15) is 0 Å². The Balaban J connectivity index is 1.20. The number of para-hydroxylation sites is 1. The first-order valence-electron chi connectivity index (χ1n) is 18.4. The van der Waals surface area contributed by atoms with E-state index in [0.717, 1.165) is 66.8 Å². The summed E-state index contributed by atoms with van der Waals surface area (Å²) < 4.78 is 6.31. The molecule has 0 N–H and O–H groups in total. The zero-order chi connectivity index (χ0) is 35.8. The Hall–Kier alpha value is -7.16. The molecule has 0 aliphatic carbocycles. The topological polar surface area (TPSA) is 16.4 Å². The normalized spacial score (nSPS) is 11.3. The molecule has 0 saturated heterocycles. The Bertz CT molecular complexity index is 2920. The molecule has 0 unspecified atom stereocenters. The summed E-state index contributed by atoms with van der Waals surface area (Å²) in [5.74, 6) is 0. The van der Waals surface area contributed by atoms with Gasteiger partial charge in [0.05, 0.1) is 5.69 Å². The monoisotopic (exact) mass is 689 g/mol. The summed E-state index contributed by atoms with van der Waals surface area (Å²) in [5, 5.41) is 4.72. The van der Waals surface area contributed by atoms with Crippen LogP contribution in [0.25, 0.3) is 77.2 Å². The van der Waals surface area contributed by atoms with Crippen LogP contribution in [0.4, 0.5) is 17.1 Å². The molecule has 2 heteroatoms. The lowest BCUT2D eigenvalue weighted by Crippen LogP contribution is -2.11. The van der Waals surface area contributed by atoms with Gasteiger partial charge in [-0.15, -0.1) is 0 Å². The highest BCUT2D eigenvalue weighted by Crippen LogP contribution is 2.45. The van der Waals surface area contributed by atoms with E-state index in [1.807, 2.05) is 12.1 Å². The van der Waals surface area contributed by atoms with Crippen molar-refractivity contribution in [3.05, 3.63) is 212 Å². The Kier molecular flexibility index (Phi) is 7.85. The number of hydrogen-bond donors (Lipinski definition) is 0. The van der Waals surface area contributed by atoms with Crippen LogP contribution in [0.15, 0.2) is 217 Å². The van der Waals surface area contributed by atoms with E-state index in [1.54, 1.807) is 0 Å². The van der Waals surface area contributed by atoms with Gasteiger partial charge in [0, 0.05) is 27.7 Å². The first-order chi connectivity index (χ1) is 26.8. The quantitative estimate of drug-likeness (QED) is 0.166. The van der Waals surface area contributed by atoms with Crippen LogP contribution in [-0.2, 0) is 0 Å². The van der Waals surface area contributed by atoms with Crippen LogP contribution in [0.3, 0.4) is 0 Å². The van der Waals surface area contributed by atoms with Gasteiger partial charge in [0.1, 0.15) is 11.2 Å². The van der Waals surface area contributed by atoms with Crippen molar-refractivity contribution in [1.82, 2.24) is 0 Å². The largest absolute Gasteiger partial charge is 0.456 e. The van der Waals surface area contributed by atoms with E-state index in [1.165, 1.54) is 27.5 Å². The van der Waals surface area contributed by atoms with E-state index in [9.17, 15) is 0 Å². The number of anilines is 3. The zero-order valence-corrected chi connectivity index (χ0v) is 29.6. The van der Waals surface area contributed by atoms with Crippen molar-refractivity contribution >= 4 is 49.8 Å². The van der Waals surface area contributed by atoms with Crippen molar-refractivity contribution in [1.29, 1.82) is 0 Å². The van der Waals surface area contributed by atoms with Crippen molar-refractivity contribution in [2.45, 2.75) is 0 Å². The Morgan fingerprint density at radius 3 is 1.76 bits per heavy atom. The summed E-state index contributed by atoms with van der Waals surface area (Å²) >= 11 is 0. The van der Waals surface area contributed by atoms with Gasteiger partial charge in [-0.1, -0.05) is 164 Å². The van der Waals surface area contributed by atoms with Gasteiger partial charge in [0.2, 0.25) is 0 Å². The van der Waals surface area contributed by atoms with Gasteiger partial charge in [-0.25, -0.2) is 0 Å². The highest BCUT2D eigenvalue weighted by atomic mass is 16.3. The fourth-order valence-electron chi connectivity index (χ4n) is 7.82. The number of hydrogen-bond acceptors (Lipinski definition) is 2. The molecule has 0 amide bonds. The molecule has 0 fully saturated rings. The van der Waals surface area contributed by atoms with Crippen LogP contribution >= 0.6 is 0 Å². The van der Waals surface area contributed by atoms with E-state index in [-0.39, 0.29) is 0 Å². The van der Waals surface area contributed by atoms with Crippen molar-refractivity contribution in [2.75, 3.05) is 4.90 Å². The predicted octanol–water partition coefficient (Wildman–Crippen LogP) is 14.9. The number of furan rings is 1. The van der Waals surface area contributed by atoms with Crippen molar-refractivity contribution in [2.24, 2.45) is 0 Å². The Labute approximate surface area is 314 Å². The molecule has 9 aromatic carbocycles. The molecule has 254 valence electrons. The third kappa shape index (κ3) is 5.71. The van der Waals surface area contributed by atoms with Crippen LogP contribution < -0.4 is 4.90 Å². The molecule has 1 heterocycles. The van der Waals surface area contributed by atoms with Gasteiger partial charge in [-0.2, -0.15) is 0 Å². The lowest BCUT2D eigenvalue weighted by Gasteiger charge is -2.29. The molecule has 2 nitrogen and oxygen atoms in total. The second-order valence-electron chi connectivity index (χ2n) is 13.7. The molecule has 54 heavy (non-hydrogen) atoms. The molecular formula is C52H35NO. The minimum atomic E-state index is 0.891. The number of fused-ring (bicyclic) bond motifs is 4. The zero-order valence-electron chi connectivity index (χ0n) is 29.6. The molecule has 1 aromatic heterocycles. The van der Waals surface area contributed by atoms with E-state index >= 15 is 0 Å². The minimum Gasteiger partial charge on any atom is -0.456 e. The average Bonchev–Trinajstić information content (AvgIpc) is 3.64. The highest BCUT2D eigenvalue weighted by molar-refractivity contribution is 6.12. The van der Waals surface area contributed by atoms with Gasteiger partial charge < -0.3 is 9.32 Å². The Morgan fingerprint density at radius 1 is 0.315 bits per heavy atom. The summed E-state index contributed by atoms with van der Waals surface area (Å²) in [4.78, 5) is 2.42.